The lowest BCUT2D eigenvalue weighted by Crippen LogP contribution is -2.14. The lowest BCUT2D eigenvalue weighted by atomic mass is 9.99. The van der Waals surface area contributed by atoms with Crippen LogP contribution < -0.4 is 9.47 Å². The summed E-state index contributed by atoms with van der Waals surface area (Å²) < 4.78 is 22.7. The first kappa shape index (κ1) is 19.1. The number of carbonyl (C=O) groups is 1. The van der Waals surface area contributed by atoms with Crippen LogP contribution in [0.3, 0.4) is 0 Å². The van der Waals surface area contributed by atoms with Gasteiger partial charge in [-0.2, -0.15) is 0 Å². The fraction of sp³-hybridized carbons (Fsp3) is 0.208. The molecule has 1 fully saturated rings. The van der Waals surface area contributed by atoms with E-state index in [1.807, 2.05) is 48.5 Å². The van der Waals surface area contributed by atoms with Crippen LogP contribution in [0.25, 0.3) is 0 Å². The molecule has 0 aromatic heterocycles. The van der Waals surface area contributed by atoms with Crippen LogP contribution in [0.5, 0.6) is 11.5 Å². The van der Waals surface area contributed by atoms with E-state index in [4.69, 9.17) is 30.5 Å². The molecule has 2 aliphatic rings. The molecule has 2 heterocycles. The second-order valence-corrected chi connectivity index (χ2v) is 7.64. The van der Waals surface area contributed by atoms with Crippen molar-refractivity contribution in [3.05, 3.63) is 94.0 Å². The van der Waals surface area contributed by atoms with E-state index in [0.717, 1.165) is 16.7 Å². The van der Waals surface area contributed by atoms with E-state index >= 15 is 0 Å². The van der Waals surface area contributed by atoms with Crippen LogP contribution in [0.1, 0.15) is 33.2 Å². The molecule has 0 unspecified atom stereocenters. The molecule has 3 aromatic carbocycles. The molecule has 5 nitrogen and oxygen atoms in total. The number of ether oxygens (including phenoxy) is 4. The monoisotopic (exact) mass is 422 g/mol. The van der Waals surface area contributed by atoms with Crippen molar-refractivity contribution in [2.24, 2.45) is 0 Å². The summed E-state index contributed by atoms with van der Waals surface area (Å²) >= 11 is 6.25. The van der Waals surface area contributed by atoms with E-state index in [0.29, 0.717) is 35.3 Å². The SMILES string of the molecule is O=C(c1ccccc1OCc1ccccc1)[C@@H]1O[C@@H]1c1cc(Cl)cc2c1OCOC2. The van der Waals surface area contributed by atoms with Crippen LogP contribution in [0, 0.1) is 0 Å². The maximum Gasteiger partial charge on any atom is 0.198 e. The smallest absolute Gasteiger partial charge is 0.198 e. The number of halogens is 1. The summed E-state index contributed by atoms with van der Waals surface area (Å²) in [5.41, 5.74) is 3.17. The van der Waals surface area contributed by atoms with Gasteiger partial charge in [0.25, 0.3) is 0 Å². The van der Waals surface area contributed by atoms with E-state index in [1.54, 1.807) is 18.2 Å². The highest BCUT2D eigenvalue weighted by atomic mass is 35.5. The second-order valence-electron chi connectivity index (χ2n) is 7.21. The van der Waals surface area contributed by atoms with Gasteiger partial charge in [-0.1, -0.05) is 54.1 Å². The first-order chi connectivity index (χ1) is 14.7. The van der Waals surface area contributed by atoms with Gasteiger partial charge in [0.2, 0.25) is 0 Å². The standard InChI is InChI=1S/C24H19ClO5/c25-17-10-16-13-27-14-29-22(16)19(11-17)23-24(30-23)21(26)18-8-4-5-9-20(18)28-12-15-6-2-1-3-7-15/h1-11,23-24H,12-14H2/t23-,24+/m1/s1. The van der Waals surface area contributed by atoms with Crippen LogP contribution in [0.2, 0.25) is 5.02 Å². The number of benzene rings is 3. The number of rotatable bonds is 6. The van der Waals surface area contributed by atoms with Crippen LogP contribution in [-0.2, 0) is 22.7 Å². The summed E-state index contributed by atoms with van der Waals surface area (Å²) in [5, 5.41) is 0.561. The third kappa shape index (κ3) is 3.79. The largest absolute Gasteiger partial charge is 0.488 e. The van der Waals surface area contributed by atoms with Gasteiger partial charge in [0.05, 0.1) is 12.2 Å². The van der Waals surface area contributed by atoms with Crippen molar-refractivity contribution in [2.75, 3.05) is 6.79 Å². The van der Waals surface area contributed by atoms with E-state index in [2.05, 4.69) is 0 Å². The van der Waals surface area contributed by atoms with Gasteiger partial charge in [0.1, 0.15) is 24.2 Å². The summed E-state index contributed by atoms with van der Waals surface area (Å²) in [4.78, 5) is 13.2. The van der Waals surface area contributed by atoms with Gasteiger partial charge in [0, 0.05) is 16.1 Å². The second kappa shape index (κ2) is 8.11. The van der Waals surface area contributed by atoms with Crippen molar-refractivity contribution >= 4 is 17.4 Å². The van der Waals surface area contributed by atoms with Crippen LogP contribution >= 0.6 is 11.6 Å². The van der Waals surface area contributed by atoms with Crippen molar-refractivity contribution in [3.8, 4) is 11.5 Å². The fourth-order valence-electron chi connectivity index (χ4n) is 3.65. The van der Waals surface area contributed by atoms with Crippen molar-refractivity contribution < 1.29 is 23.7 Å². The van der Waals surface area contributed by atoms with Crippen LogP contribution in [0.4, 0.5) is 0 Å². The summed E-state index contributed by atoms with van der Waals surface area (Å²) in [5.74, 6) is 1.11. The van der Waals surface area contributed by atoms with Crippen molar-refractivity contribution in [1.29, 1.82) is 0 Å². The quantitative estimate of drug-likeness (QED) is 0.408. The number of fused-ring (bicyclic) bond motifs is 1. The maximum atomic E-state index is 13.2. The molecule has 152 valence electrons. The number of ketones is 1. The molecule has 0 bridgehead atoms. The Morgan fingerprint density at radius 2 is 1.87 bits per heavy atom. The van der Waals surface area contributed by atoms with Crippen LogP contribution in [0.15, 0.2) is 66.7 Å². The molecule has 1 saturated heterocycles. The molecule has 0 aliphatic carbocycles. The van der Waals surface area contributed by atoms with Crippen molar-refractivity contribution in [1.82, 2.24) is 0 Å². The predicted octanol–water partition coefficient (Wildman–Crippen LogP) is 5.11. The molecule has 3 aromatic rings. The minimum absolute atomic E-state index is 0.121. The number of epoxide rings is 1. The van der Waals surface area contributed by atoms with E-state index < -0.39 is 12.2 Å². The van der Waals surface area contributed by atoms with Gasteiger partial charge in [0.15, 0.2) is 18.7 Å². The Bertz CT molecular complexity index is 1080. The van der Waals surface area contributed by atoms with Crippen molar-refractivity contribution in [2.45, 2.75) is 25.4 Å². The first-order valence-corrected chi connectivity index (χ1v) is 10.1. The molecular formula is C24H19ClO5. The molecule has 5 rings (SSSR count). The van der Waals surface area contributed by atoms with Gasteiger partial charge < -0.3 is 18.9 Å². The average Bonchev–Trinajstić information content (AvgIpc) is 3.58. The zero-order valence-electron chi connectivity index (χ0n) is 16.0. The Kier molecular flexibility index (Phi) is 5.17. The Balaban J connectivity index is 1.35. The fourth-order valence-corrected chi connectivity index (χ4v) is 3.90. The van der Waals surface area contributed by atoms with E-state index in [-0.39, 0.29) is 12.6 Å². The molecule has 6 heteroatoms. The Labute approximate surface area is 179 Å². The molecule has 0 amide bonds. The molecule has 2 aliphatic heterocycles. The molecule has 0 spiro atoms. The topological polar surface area (TPSA) is 57.3 Å². The molecule has 0 radical (unpaired) electrons. The Hall–Kier alpha value is -2.86. The molecule has 0 saturated carbocycles. The predicted molar refractivity (Wildman–Crippen MR) is 111 cm³/mol. The summed E-state index contributed by atoms with van der Waals surface area (Å²) in [6, 6.07) is 20.7. The minimum Gasteiger partial charge on any atom is -0.488 e. The lowest BCUT2D eigenvalue weighted by Gasteiger charge is -2.20. The van der Waals surface area contributed by atoms with Gasteiger partial charge in [-0.3, -0.25) is 4.79 Å². The van der Waals surface area contributed by atoms with E-state index in [1.165, 1.54) is 0 Å². The molecule has 0 N–H and O–H groups in total. The number of hydrogen-bond acceptors (Lipinski definition) is 5. The van der Waals surface area contributed by atoms with Crippen molar-refractivity contribution in [3.63, 3.8) is 0 Å². The van der Waals surface area contributed by atoms with Gasteiger partial charge >= 0.3 is 0 Å². The summed E-state index contributed by atoms with van der Waals surface area (Å²) in [6.07, 6.45) is -0.995. The average molecular weight is 423 g/mol. The Morgan fingerprint density at radius 1 is 1.07 bits per heavy atom. The highest BCUT2D eigenvalue weighted by Crippen LogP contribution is 2.48. The first-order valence-electron chi connectivity index (χ1n) is 9.69. The number of Topliss-reactive ketones (excluding diaryl/α,β-unsaturated/α-hetero) is 1. The maximum absolute atomic E-state index is 13.2. The van der Waals surface area contributed by atoms with E-state index in [9.17, 15) is 4.79 Å². The zero-order valence-corrected chi connectivity index (χ0v) is 16.8. The molecular weight excluding hydrogens is 404 g/mol. The van der Waals surface area contributed by atoms with Gasteiger partial charge in [-0.15, -0.1) is 0 Å². The third-order valence-electron chi connectivity index (χ3n) is 5.15. The van der Waals surface area contributed by atoms with Gasteiger partial charge in [-0.25, -0.2) is 0 Å². The minimum atomic E-state index is -0.597. The summed E-state index contributed by atoms with van der Waals surface area (Å²) in [6.45, 7) is 0.975. The zero-order chi connectivity index (χ0) is 20.5. The highest BCUT2D eigenvalue weighted by molar-refractivity contribution is 6.30. The highest BCUT2D eigenvalue weighted by Gasteiger charge is 2.49. The lowest BCUT2D eigenvalue weighted by molar-refractivity contribution is -0.0172. The van der Waals surface area contributed by atoms with Gasteiger partial charge in [-0.05, 0) is 29.8 Å². The van der Waals surface area contributed by atoms with Crippen LogP contribution in [-0.4, -0.2) is 18.7 Å². The Morgan fingerprint density at radius 3 is 2.73 bits per heavy atom. The number of carbonyl (C=O) groups excluding carboxylic acids is 1. The number of hydrogen-bond donors (Lipinski definition) is 0. The summed E-state index contributed by atoms with van der Waals surface area (Å²) in [7, 11) is 0. The third-order valence-corrected chi connectivity index (χ3v) is 5.37. The normalized spacial score (nSPS) is 19.5. The molecule has 2 atom stereocenters. The molecule has 30 heavy (non-hydrogen) atoms. The number of para-hydroxylation sites is 1.